The molecule has 0 bridgehead atoms. The fourth-order valence-corrected chi connectivity index (χ4v) is 1.01. The molecule has 0 aromatic rings. The minimum absolute atomic E-state index is 0. The summed E-state index contributed by atoms with van der Waals surface area (Å²) in [4.78, 5) is 10.5. The molecule has 2 atom stereocenters. The quantitative estimate of drug-likeness (QED) is 0.690. The second kappa shape index (κ2) is 4.06. The van der Waals surface area contributed by atoms with Gasteiger partial charge < -0.3 is 5.11 Å². The summed E-state index contributed by atoms with van der Waals surface area (Å²) < 4.78 is 0. The number of aliphatic hydroxyl groups is 1. The van der Waals surface area contributed by atoms with Crippen molar-refractivity contribution < 1.29 is 54.0 Å². The van der Waals surface area contributed by atoms with Crippen molar-refractivity contribution >= 4 is 5.78 Å². The van der Waals surface area contributed by atoms with E-state index in [1.807, 2.05) is 6.92 Å². The van der Waals surface area contributed by atoms with Crippen molar-refractivity contribution in [3.8, 4) is 0 Å². The number of carbonyl (C=O) groups is 1. The van der Waals surface area contributed by atoms with Crippen molar-refractivity contribution in [1.29, 1.82) is 0 Å². The zero-order valence-corrected chi connectivity index (χ0v) is 10.2. The third-order valence-electron chi connectivity index (χ3n) is 1.64. The molecule has 2 nitrogen and oxygen atoms in total. The van der Waals surface area contributed by atoms with Crippen molar-refractivity contribution in [2.24, 2.45) is 5.92 Å². The van der Waals surface area contributed by atoms with E-state index in [-0.39, 0.29) is 61.9 Å². The monoisotopic (exact) mass is 341 g/mol. The first-order valence-electron chi connectivity index (χ1n) is 2.90. The van der Waals surface area contributed by atoms with E-state index in [1.54, 1.807) is 0 Å². The van der Waals surface area contributed by atoms with E-state index in [0.717, 1.165) is 0 Å². The number of Topliss-reactive ketones (excluding diaryl/α,β-unsaturated/α-hetero) is 1. The Labute approximate surface area is 90.6 Å². The van der Waals surface area contributed by atoms with Gasteiger partial charge in [-0.2, -0.15) is 0 Å². The molecule has 3 heteroatoms. The van der Waals surface area contributed by atoms with E-state index < -0.39 is 0 Å². The summed E-state index contributed by atoms with van der Waals surface area (Å²) in [6.07, 6.45) is 0.588. The third-order valence-corrected chi connectivity index (χ3v) is 1.64. The van der Waals surface area contributed by atoms with Crippen LogP contribution in [0.5, 0.6) is 0 Å². The number of aliphatic hydroxyl groups excluding tert-OH is 1. The van der Waals surface area contributed by atoms with Crippen LogP contribution in [-0.2, 0) is 4.79 Å². The first-order chi connectivity index (χ1) is 3.70. The molecule has 0 unspecified atom stereocenters. The summed E-state index contributed by atoms with van der Waals surface area (Å²) in [5, 5.41) is 8.95. The molecule has 0 aromatic carbocycles. The summed E-state index contributed by atoms with van der Waals surface area (Å²) >= 11 is 0. The molecule has 0 heterocycles. The molecule has 1 radical (unpaired) electrons. The summed E-state index contributed by atoms with van der Waals surface area (Å²) in [6, 6.07) is 0. The molecule has 0 aliphatic heterocycles. The van der Waals surface area contributed by atoms with Crippen molar-refractivity contribution in [2.45, 2.75) is 25.9 Å². The normalized spacial score (nSPS) is 34.2. The maximum atomic E-state index is 10.5. The number of hydrogen-bond donors (Lipinski definition) is 1. The molecule has 1 aliphatic carbocycles. The molecule has 0 saturated heterocycles. The summed E-state index contributed by atoms with van der Waals surface area (Å²) in [5.41, 5.74) is 0. The largest absolute Gasteiger partial charge is 0.392 e. The van der Waals surface area contributed by atoms with Crippen LogP contribution >= 0.6 is 0 Å². The summed E-state index contributed by atoms with van der Waals surface area (Å²) in [5.74, 6) is 0.396. The van der Waals surface area contributed by atoms with Crippen LogP contribution < -0.4 is 0 Å². The maximum absolute atomic E-state index is 10.5. The zero-order valence-electron chi connectivity index (χ0n) is 5.50. The van der Waals surface area contributed by atoms with Gasteiger partial charge in [-0.1, -0.05) is 6.92 Å². The Hall–Kier alpha value is 1.07. The fraction of sp³-hybridized carbons (Fsp3) is 0.833. The Morgan fingerprint density at radius 1 is 1.56 bits per heavy atom. The van der Waals surface area contributed by atoms with Gasteiger partial charge in [-0.3, -0.25) is 4.79 Å². The van der Waals surface area contributed by atoms with Gasteiger partial charge in [-0.25, -0.2) is 0 Å². The smallest absolute Gasteiger partial charge is 0.135 e. The van der Waals surface area contributed by atoms with Gasteiger partial charge in [0.05, 0.1) is 6.10 Å². The summed E-state index contributed by atoms with van der Waals surface area (Å²) in [6.45, 7) is 1.90. The Balaban J connectivity index is 0.000000640. The van der Waals surface area contributed by atoms with Crippen molar-refractivity contribution in [3.05, 3.63) is 0 Å². The van der Waals surface area contributed by atoms with Crippen LogP contribution in [0.4, 0.5) is 0 Å². The molecule has 9 heavy (non-hydrogen) atoms. The molecule has 1 rings (SSSR count). The molecule has 1 N–H and O–H groups in total. The van der Waals surface area contributed by atoms with Crippen molar-refractivity contribution in [2.75, 3.05) is 0 Å². The van der Waals surface area contributed by atoms with Gasteiger partial charge in [0, 0.05) is 56.9 Å². The van der Waals surface area contributed by atoms with E-state index in [0.29, 0.717) is 12.8 Å². The molecule has 1 aliphatic rings. The molecular weight excluding hydrogens is 331 g/mol. The van der Waals surface area contributed by atoms with Gasteiger partial charge in [0.1, 0.15) is 5.78 Å². The van der Waals surface area contributed by atoms with Crippen molar-refractivity contribution in [3.63, 3.8) is 0 Å². The van der Waals surface area contributed by atoms with Gasteiger partial charge in [0.15, 0.2) is 0 Å². The van der Waals surface area contributed by atoms with Gasteiger partial charge in [0.25, 0.3) is 0 Å². The van der Waals surface area contributed by atoms with Crippen LogP contribution in [0.25, 0.3) is 0 Å². The second-order valence-corrected chi connectivity index (χ2v) is 2.49. The molecule has 1 saturated carbocycles. The second-order valence-electron chi connectivity index (χ2n) is 2.49. The van der Waals surface area contributed by atoms with Crippen LogP contribution in [0.1, 0.15) is 19.8 Å². The van der Waals surface area contributed by atoms with Gasteiger partial charge in [-0.15, -0.1) is 0 Å². The third kappa shape index (κ3) is 2.65. The Bertz CT molecular complexity index is 102. The number of carbonyl (C=O) groups excluding carboxylic acids is 1. The van der Waals surface area contributed by atoms with E-state index >= 15 is 0 Å². The Morgan fingerprint density at radius 3 is 2.22 bits per heavy atom. The molecule has 0 aromatic heterocycles. The van der Waals surface area contributed by atoms with Gasteiger partial charge in [0.2, 0.25) is 0 Å². The molecular formula is C6H10AcO2. The van der Waals surface area contributed by atoms with Crippen LogP contribution in [-0.4, -0.2) is 17.0 Å². The van der Waals surface area contributed by atoms with Crippen LogP contribution in [0, 0.1) is 50.0 Å². The average molecular weight is 341 g/mol. The molecule has 0 spiro atoms. The van der Waals surface area contributed by atoms with E-state index in [9.17, 15) is 4.79 Å². The van der Waals surface area contributed by atoms with Gasteiger partial charge >= 0.3 is 0 Å². The Morgan fingerprint density at radius 2 is 2.11 bits per heavy atom. The van der Waals surface area contributed by atoms with E-state index in [4.69, 9.17) is 5.11 Å². The minimum Gasteiger partial charge on any atom is -0.392 e. The van der Waals surface area contributed by atoms with E-state index in [2.05, 4.69) is 0 Å². The maximum Gasteiger partial charge on any atom is 0.135 e. The van der Waals surface area contributed by atoms with Crippen LogP contribution in [0.3, 0.4) is 0 Å². The SMILES string of the molecule is C[C@H]1CC(=O)C[C@@H]1O.[Ac]. The standard InChI is InChI=1S/C6H10O2.Ac/c1-4-2-5(7)3-6(4)8;/h4,6,8H,2-3H2,1H3;/t4-,6-;/m0./s1. The minimum atomic E-state index is -0.359. The first kappa shape index (κ1) is 10.1. The fourth-order valence-electron chi connectivity index (χ4n) is 1.01. The molecule has 49 valence electrons. The topological polar surface area (TPSA) is 37.3 Å². The predicted molar refractivity (Wildman–Crippen MR) is 29.4 cm³/mol. The number of hydrogen-bond acceptors (Lipinski definition) is 2. The summed E-state index contributed by atoms with van der Waals surface area (Å²) in [7, 11) is 0. The van der Waals surface area contributed by atoms with Gasteiger partial charge in [-0.05, 0) is 5.92 Å². The first-order valence-corrected chi connectivity index (χ1v) is 2.90. The average Bonchev–Trinajstić information content (AvgIpc) is 1.85. The van der Waals surface area contributed by atoms with Crippen LogP contribution in [0.15, 0.2) is 0 Å². The van der Waals surface area contributed by atoms with Crippen LogP contribution in [0.2, 0.25) is 0 Å². The predicted octanol–water partition coefficient (Wildman–Crippen LogP) is 0.346. The number of ketones is 1. The number of rotatable bonds is 0. The van der Waals surface area contributed by atoms with E-state index in [1.165, 1.54) is 0 Å². The molecule has 0 amide bonds. The van der Waals surface area contributed by atoms with Crippen molar-refractivity contribution in [1.82, 2.24) is 0 Å². The zero-order chi connectivity index (χ0) is 6.15. The Kier molecular flexibility index (Phi) is 4.54. The molecule has 1 fully saturated rings.